The smallest absolute Gasteiger partial charge is 0.297 e. The molecule has 202 valence electrons. The normalized spacial score (nSPS) is 13.7. The molecule has 2 heterocycles. The molecule has 4 aromatic rings. The Kier molecular flexibility index (Phi) is 8.01. The fraction of sp³-hybridized carbons (Fsp3) is 0.250. The summed E-state index contributed by atoms with van der Waals surface area (Å²) in [7, 11) is -2.74. The first-order valence-electron chi connectivity index (χ1n) is 12.6. The molecule has 0 atom stereocenters. The molecule has 1 aliphatic rings. The van der Waals surface area contributed by atoms with E-state index in [-0.39, 0.29) is 4.90 Å². The second-order valence-corrected chi connectivity index (χ2v) is 10.7. The summed E-state index contributed by atoms with van der Waals surface area (Å²) in [5.41, 5.74) is 3.11. The number of hydrogen-bond acceptors (Lipinski definition) is 10. The van der Waals surface area contributed by atoms with Gasteiger partial charge in [0.05, 0.1) is 31.8 Å². The maximum atomic E-state index is 12.4. The third-order valence-electron chi connectivity index (χ3n) is 6.33. The quantitative estimate of drug-likeness (QED) is 0.303. The molecule has 0 saturated carbocycles. The summed E-state index contributed by atoms with van der Waals surface area (Å²) in [6, 6.07) is 25.0. The second kappa shape index (κ2) is 11.8. The summed E-state index contributed by atoms with van der Waals surface area (Å²) in [5, 5.41) is 3.19. The average molecular weight is 547 g/mol. The van der Waals surface area contributed by atoms with Gasteiger partial charge >= 0.3 is 0 Å². The van der Waals surface area contributed by atoms with E-state index in [1.165, 1.54) is 6.07 Å². The van der Waals surface area contributed by atoms with Gasteiger partial charge in [-0.1, -0.05) is 54.6 Å². The van der Waals surface area contributed by atoms with Gasteiger partial charge in [-0.05, 0) is 42.3 Å². The van der Waals surface area contributed by atoms with Crippen LogP contribution in [0.4, 0.5) is 29.2 Å². The molecule has 1 aliphatic heterocycles. The predicted molar refractivity (Wildman–Crippen MR) is 150 cm³/mol. The summed E-state index contributed by atoms with van der Waals surface area (Å²) < 4.78 is 35.2. The molecule has 0 aliphatic carbocycles. The van der Waals surface area contributed by atoms with Gasteiger partial charge in [-0.3, -0.25) is 4.18 Å². The summed E-state index contributed by atoms with van der Waals surface area (Å²) in [6.07, 6.45) is 0. The minimum Gasteiger partial charge on any atom is -0.378 e. The molecule has 0 radical (unpaired) electrons. The van der Waals surface area contributed by atoms with Crippen molar-refractivity contribution in [2.75, 3.05) is 48.5 Å². The van der Waals surface area contributed by atoms with Crippen LogP contribution in [0.3, 0.4) is 0 Å². The van der Waals surface area contributed by atoms with Crippen LogP contribution in [0.1, 0.15) is 11.1 Å². The minimum atomic E-state index is -3.88. The number of aromatic nitrogens is 3. The van der Waals surface area contributed by atoms with Crippen LogP contribution >= 0.6 is 0 Å². The number of rotatable bonds is 9. The van der Waals surface area contributed by atoms with Crippen LogP contribution in [-0.4, -0.2) is 56.8 Å². The molecule has 3 aromatic carbocycles. The van der Waals surface area contributed by atoms with Gasteiger partial charge in [0.25, 0.3) is 10.1 Å². The lowest BCUT2D eigenvalue weighted by molar-refractivity contribution is 0.122. The van der Waals surface area contributed by atoms with Gasteiger partial charge in [0.15, 0.2) is 0 Å². The zero-order valence-corrected chi connectivity index (χ0v) is 22.6. The van der Waals surface area contributed by atoms with E-state index in [9.17, 15) is 8.42 Å². The molecule has 1 N–H and O–H groups in total. The molecule has 0 spiro atoms. The average Bonchev–Trinajstić information content (AvgIpc) is 2.98. The molecule has 39 heavy (non-hydrogen) atoms. The van der Waals surface area contributed by atoms with Crippen LogP contribution in [0.5, 0.6) is 0 Å². The monoisotopic (exact) mass is 546 g/mol. The number of nitrogens with zero attached hydrogens (tertiary/aromatic N) is 5. The van der Waals surface area contributed by atoms with E-state index in [1.807, 2.05) is 53.4 Å². The van der Waals surface area contributed by atoms with Gasteiger partial charge in [-0.25, -0.2) is 0 Å². The van der Waals surface area contributed by atoms with E-state index < -0.39 is 10.1 Å². The first-order valence-corrected chi connectivity index (χ1v) is 14.0. The van der Waals surface area contributed by atoms with Crippen molar-refractivity contribution in [1.82, 2.24) is 15.0 Å². The number of benzene rings is 3. The van der Waals surface area contributed by atoms with Crippen molar-refractivity contribution >= 4 is 39.3 Å². The molecule has 0 amide bonds. The molecular weight excluding hydrogens is 516 g/mol. The Bertz CT molecular complexity index is 1510. The van der Waals surface area contributed by atoms with Gasteiger partial charge in [0, 0.05) is 24.5 Å². The lowest BCUT2D eigenvalue weighted by Gasteiger charge is -2.29. The molecule has 1 saturated heterocycles. The largest absolute Gasteiger partial charge is 0.378 e. The van der Waals surface area contributed by atoms with Crippen LogP contribution in [0.15, 0.2) is 83.8 Å². The maximum absolute atomic E-state index is 12.4. The Morgan fingerprint density at radius 3 is 2.33 bits per heavy atom. The maximum Gasteiger partial charge on any atom is 0.297 e. The highest BCUT2D eigenvalue weighted by molar-refractivity contribution is 7.86. The van der Waals surface area contributed by atoms with E-state index >= 15 is 0 Å². The summed E-state index contributed by atoms with van der Waals surface area (Å²) in [5.74, 6) is 1.26. The van der Waals surface area contributed by atoms with Crippen molar-refractivity contribution in [3.8, 4) is 0 Å². The van der Waals surface area contributed by atoms with Crippen LogP contribution in [0, 0.1) is 6.92 Å². The fourth-order valence-electron chi connectivity index (χ4n) is 4.25. The van der Waals surface area contributed by atoms with Crippen LogP contribution in [-0.2, 0) is 25.6 Å². The molecule has 10 nitrogen and oxygen atoms in total. The standard InChI is InChI=1S/C28H30N6O4S/c1-21-13-14-23(19-25(21)39(35,36)37-2)29-26-30-27(33-15-17-38-18-16-33)32-28(31-26)34(24-11-7-4-8-12-24)20-22-9-5-3-6-10-22/h3-14,19H,15-18,20H2,1-2H3,(H,29,30,31,32). The molecule has 5 rings (SSSR count). The molecule has 11 heteroatoms. The Morgan fingerprint density at radius 2 is 1.64 bits per heavy atom. The van der Waals surface area contributed by atoms with Crippen LogP contribution < -0.4 is 15.1 Å². The number of ether oxygens (including phenoxy) is 1. The molecule has 1 fully saturated rings. The zero-order chi connectivity index (χ0) is 27.2. The van der Waals surface area contributed by atoms with E-state index in [4.69, 9.17) is 23.9 Å². The van der Waals surface area contributed by atoms with E-state index in [2.05, 4.69) is 22.3 Å². The molecular formula is C28H30N6O4S. The van der Waals surface area contributed by atoms with Crippen molar-refractivity contribution in [2.24, 2.45) is 0 Å². The van der Waals surface area contributed by atoms with Gasteiger partial charge in [-0.15, -0.1) is 0 Å². The molecule has 0 bridgehead atoms. The van der Waals surface area contributed by atoms with Gasteiger partial charge < -0.3 is 19.9 Å². The van der Waals surface area contributed by atoms with Crippen molar-refractivity contribution < 1.29 is 17.3 Å². The van der Waals surface area contributed by atoms with Crippen molar-refractivity contribution in [2.45, 2.75) is 18.4 Å². The van der Waals surface area contributed by atoms with Crippen molar-refractivity contribution in [3.63, 3.8) is 0 Å². The Labute approximate surface area is 228 Å². The predicted octanol–water partition coefficient (Wildman–Crippen LogP) is 4.43. The Balaban J connectivity index is 1.58. The number of morpholine rings is 1. The third kappa shape index (κ3) is 6.33. The number of anilines is 5. The number of para-hydroxylation sites is 1. The summed E-state index contributed by atoms with van der Waals surface area (Å²) >= 11 is 0. The molecule has 1 aromatic heterocycles. The zero-order valence-electron chi connectivity index (χ0n) is 21.8. The topological polar surface area (TPSA) is 110 Å². The SMILES string of the molecule is COS(=O)(=O)c1cc(Nc2nc(N3CCOCC3)nc(N(Cc3ccccc3)c3ccccc3)n2)ccc1C. The minimum absolute atomic E-state index is 0.0765. The van der Waals surface area contributed by atoms with E-state index in [0.717, 1.165) is 18.4 Å². The lowest BCUT2D eigenvalue weighted by atomic mass is 10.2. The third-order valence-corrected chi connectivity index (χ3v) is 7.75. The summed E-state index contributed by atoms with van der Waals surface area (Å²) in [6.45, 7) is 4.70. The highest BCUT2D eigenvalue weighted by Crippen LogP contribution is 2.29. The van der Waals surface area contributed by atoms with Gasteiger partial charge in [-0.2, -0.15) is 23.4 Å². The Hall–Kier alpha value is -4.06. The first kappa shape index (κ1) is 26.5. The van der Waals surface area contributed by atoms with Gasteiger partial charge in [0.2, 0.25) is 17.8 Å². The van der Waals surface area contributed by atoms with Crippen LogP contribution in [0.2, 0.25) is 0 Å². The van der Waals surface area contributed by atoms with E-state index in [0.29, 0.717) is 61.9 Å². The summed E-state index contributed by atoms with van der Waals surface area (Å²) in [4.78, 5) is 18.5. The highest BCUT2D eigenvalue weighted by Gasteiger charge is 2.22. The first-order chi connectivity index (χ1) is 18.9. The fourth-order valence-corrected chi connectivity index (χ4v) is 5.17. The lowest BCUT2D eigenvalue weighted by Crippen LogP contribution is -2.37. The second-order valence-electron chi connectivity index (χ2n) is 8.99. The number of aryl methyl sites for hydroxylation is 1. The van der Waals surface area contributed by atoms with E-state index in [1.54, 1.807) is 19.1 Å². The van der Waals surface area contributed by atoms with Crippen molar-refractivity contribution in [1.29, 1.82) is 0 Å². The van der Waals surface area contributed by atoms with Crippen LogP contribution in [0.25, 0.3) is 0 Å². The number of hydrogen-bond donors (Lipinski definition) is 1. The number of nitrogens with one attached hydrogen (secondary N) is 1. The highest BCUT2D eigenvalue weighted by atomic mass is 32.2. The molecule has 0 unspecified atom stereocenters. The van der Waals surface area contributed by atoms with Gasteiger partial charge in [0.1, 0.15) is 0 Å². The Morgan fingerprint density at radius 1 is 0.949 bits per heavy atom. The van der Waals surface area contributed by atoms with Crippen molar-refractivity contribution in [3.05, 3.63) is 90.0 Å².